The van der Waals surface area contributed by atoms with Gasteiger partial charge in [0.1, 0.15) is 0 Å². The number of aryl methyl sites for hydroxylation is 2. The average Bonchev–Trinajstić information content (AvgIpc) is 2.41. The Balaban J connectivity index is 1.75. The molecule has 1 N–H and O–H groups in total. The van der Waals surface area contributed by atoms with Crippen molar-refractivity contribution in [1.82, 2.24) is 9.78 Å². The van der Waals surface area contributed by atoms with Gasteiger partial charge in [0.15, 0.2) is 0 Å². The molecule has 4 nitrogen and oxygen atoms in total. The molecule has 0 amide bonds. The first kappa shape index (κ1) is 13.9. The zero-order valence-corrected chi connectivity index (χ0v) is 12.6. The number of hydrogen-bond donors (Lipinski definition) is 1. The van der Waals surface area contributed by atoms with Crippen LogP contribution in [0, 0.1) is 13.8 Å². The van der Waals surface area contributed by atoms with E-state index in [0.717, 1.165) is 11.3 Å². The van der Waals surface area contributed by atoms with Crippen molar-refractivity contribution in [3.63, 3.8) is 0 Å². The molecule has 21 heavy (non-hydrogen) atoms. The van der Waals surface area contributed by atoms with Crippen molar-refractivity contribution in [2.45, 2.75) is 45.7 Å². The molecule has 1 fully saturated rings. The maximum atomic E-state index is 12.1. The van der Waals surface area contributed by atoms with Gasteiger partial charge in [-0.1, -0.05) is 18.2 Å². The molecule has 1 heterocycles. The number of anilines is 1. The topological polar surface area (TPSA) is 46.9 Å². The Hall–Kier alpha value is -2.10. The molecule has 4 heteroatoms. The lowest BCUT2D eigenvalue weighted by molar-refractivity contribution is 0.445. The molecule has 1 aromatic heterocycles. The molecule has 0 bridgehead atoms. The Bertz CT molecular complexity index is 701. The van der Waals surface area contributed by atoms with E-state index in [1.54, 1.807) is 12.3 Å². The summed E-state index contributed by atoms with van der Waals surface area (Å²) in [5.74, 6) is 0. The highest BCUT2D eigenvalue weighted by molar-refractivity contribution is 5.40. The van der Waals surface area contributed by atoms with E-state index < -0.39 is 0 Å². The van der Waals surface area contributed by atoms with Crippen LogP contribution in [0.15, 0.2) is 35.3 Å². The average molecular weight is 283 g/mol. The number of hydrogen-bond acceptors (Lipinski definition) is 3. The van der Waals surface area contributed by atoms with E-state index in [2.05, 4.69) is 42.5 Å². The standard InChI is InChI=1S/C17H21N3O/c1-12-6-7-14(8-13(12)2)11-20-17(21)9-16(10-18-20)19-15-4-3-5-15/h6-10,15,19H,3-5,11H2,1-2H3. The van der Waals surface area contributed by atoms with Crippen LogP contribution in [0.3, 0.4) is 0 Å². The van der Waals surface area contributed by atoms with Gasteiger partial charge in [-0.05, 0) is 49.8 Å². The maximum Gasteiger partial charge on any atom is 0.269 e. The van der Waals surface area contributed by atoms with Gasteiger partial charge < -0.3 is 5.32 Å². The largest absolute Gasteiger partial charge is 0.381 e. The van der Waals surface area contributed by atoms with Crippen LogP contribution >= 0.6 is 0 Å². The molecule has 0 spiro atoms. The second-order valence-corrected chi connectivity index (χ2v) is 5.93. The van der Waals surface area contributed by atoms with Gasteiger partial charge in [-0.15, -0.1) is 0 Å². The summed E-state index contributed by atoms with van der Waals surface area (Å²) < 4.78 is 1.51. The van der Waals surface area contributed by atoms with Gasteiger partial charge in [-0.25, -0.2) is 4.68 Å². The third-order valence-electron chi connectivity index (χ3n) is 4.25. The van der Waals surface area contributed by atoms with Crippen LogP contribution in [-0.4, -0.2) is 15.8 Å². The van der Waals surface area contributed by atoms with Gasteiger partial charge in [0.2, 0.25) is 0 Å². The second kappa shape index (κ2) is 5.72. The third-order valence-corrected chi connectivity index (χ3v) is 4.25. The SMILES string of the molecule is Cc1ccc(Cn2ncc(NC3CCC3)cc2=O)cc1C. The highest BCUT2D eigenvalue weighted by Crippen LogP contribution is 2.22. The molecule has 0 radical (unpaired) electrons. The van der Waals surface area contributed by atoms with E-state index >= 15 is 0 Å². The van der Waals surface area contributed by atoms with E-state index in [-0.39, 0.29) is 5.56 Å². The summed E-state index contributed by atoms with van der Waals surface area (Å²) in [6.45, 7) is 4.69. The lowest BCUT2D eigenvalue weighted by atomic mass is 9.93. The summed E-state index contributed by atoms with van der Waals surface area (Å²) in [5.41, 5.74) is 4.38. The van der Waals surface area contributed by atoms with E-state index in [1.165, 1.54) is 35.1 Å². The first-order valence-corrected chi connectivity index (χ1v) is 7.51. The molecule has 0 atom stereocenters. The lowest BCUT2D eigenvalue weighted by Gasteiger charge is -2.27. The summed E-state index contributed by atoms with van der Waals surface area (Å²) in [7, 11) is 0. The summed E-state index contributed by atoms with van der Waals surface area (Å²) in [6.07, 6.45) is 5.40. The van der Waals surface area contributed by atoms with Gasteiger partial charge in [0.05, 0.1) is 18.4 Å². The van der Waals surface area contributed by atoms with Crippen LogP contribution in [0.4, 0.5) is 5.69 Å². The van der Waals surface area contributed by atoms with Crippen molar-refractivity contribution < 1.29 is 0 Å². The van der Waals surface area contributed by atoms with Gasteiger partial charge in [-0.3, -0.25) is 4.79 Å². The lowest BCUT2D eigenvalue weighted by Crippen LogP contribution is -2.29. The van der Waals surface area contributed by atoms with Crippen LogP contribution < -0.4 is 10.9 Å². The smallest absolute Gasteiger partial charge is 0.269 e. The van der Waals surface area contributed by atoms with Crippen molar-refractivity contribution in [3.05, 3.63) is 57.5 Å². The van der Waals surface area contributed by atoms with E-state index in [0.29, 0.717) is 12.6 Å². The van der Waals surface area contributed by atoms with E-state index in [4.69, 9.17) is 0 Å². The zero-order chi connectivity index (χ0) is 14.8. The highest BCUT2D eigenvalue weighted by atomic mass is 16.1. The molecule has 1 aromatic carbocycles. The molecule has 1 aliphatic rings. The minimum Gasteiger partial charge on any atom is -0.381 e. The summed E-state index contributed by atoms with van der Waals surface area (Å²) in [4.78, 5) is 12.1. The molecule has 0 saturated heterocycles. The van der Waals surface area contributed by atoms with Gasteiger partial charge in [0.25, 0.3) is 5.56 Å². The number of nitrogens with one attached hydrogen (secondary N) is 1. The molecular weight excluding hydrogens is 262 g/mol. The Morgan fingerprint density at radius 1 is 1.24 bits per heavy atom. The maximum absolute atomic E-state index is 12.1. The predicted molar refractivity (Wildman–Crippen MR) is 84.8 cm³/mol. The van der Waals surface area contributed by atoms with Crippen molar-refractivity contribution >= 4 is 5.69 Å². The summed E-state index contributed by atoms with van der Waals surface area (Å²) in [6, 6.07) is 8.41. The third kappa shape index (κ3) is 3.15. The molecule has 0 aliphatic heterocycles. The fraction of sp³-hybridized carbons (Fsp3) is 0.412. The summed E-state index contributed by atoms with van der Waals surface area (Å²) >= 11 is 0. The second-order valence-electron chi connectivity index (χ2n) is 5.93. The Morgan fingerprint density at radius 2 is 2.05 bits per heavy atom. The number of benzene rings is 1. The molecule has 2 aromatic rings. The van der Waals surface area contributed by atoms with Crippen molar-refractivity contribution in [1.29, 1.82) is 0 Å². The highest BCUT2D eigenvalue weighted by Gasteiger charge is 2.17. The Labute approximate surface area is 124 Å². The first-order valence-electron chi connectivity index (χ1n) is 7.51. The normalized spacial score (nSPS) is 14.8. The van der Waals surface area contributed by atoms with Crippen molar-refractivity contribution in [2.24, 2.45) is 0 Å². The molecule has 1 aliphatic carbocycles. The van der Waals surface area contributed by atoms with Gasteiger partial charge >= 0.3 is 0 Å². The number of aromatic nitrogens is 2. The van der Waals surface area contributed by atoms with Gasteiger partial charge in [-0.2, -0.15) is 5.10 Å². The van der Waals surface area contributed by atoms with Crippen LogP contribution in [0.25, 0.3) is 0 Å². The number of rotatable bonds is 4. The number of nitrogens with zero attached hydrogens (tertiary/aromatic N) is 2. The minimum absolute atomic E-state index is 0.0578. The molecule has 110 valence electrons. The van der Waals surface area contributed by atoms with Crippen LogP contribution in [0.1, 0.15) is 36.0 Å². The van der Waals surface area contributed by atoms with Crippen LogP contribution in [0.2, 0.25) is 0 Å². The minimum atomic E-state index is -0.0578. The quantitative estimate of drug-likeness (QED) is 0.938. The zero-order valence-electron chi connectivity index (χ0n) is 12.6. The summed E-state index contributed by atoms with van der Waals surface area (Å²) in [5, 5.41) is 7.63. The molecule has 0 unspecified atom stereocenters. The molecule has 1 saturated carbocycles. The fourth-order valence-electron chi connectivity index (χ4n) is 2.49. The van der Waals surface area contributed by atoms with Crippen LogP contribution in [-0.2, 0) is 6.54 Å². The Morgan fingerprint density at radius 3 is 2.67 bits per heavy atom. The first-order chi connectivity index (χ1) is 10.1. The Kier molecular flexibility index (Phi) is 3.78. The van der Waals surface area contributed by atoms with Gasteiger partial charge in [0, 0.05) is 12.1 Å². The van der Waals surface area contributed by atoms with E-state index in [9.17, 15) is 4.79 Å². The predicted octanol–water partition coefficient (Wildman–Crippen LogP) is 2.87. The monoisotopic (exact) mass is 283 g/mol. The molecule has 3 rings (SSSR count). The molecular formula is C17H21N3O. The van der Waals surface area contributed by atoms with Crippen molar-refractivity contribution in [2.75, 3.05) is 5.32 Å². The van der Waals surface area contributed by atoms with Crippen molar-refractivity contribution in [3.8, 4) is 0 Å². The van der Waals surface area contributed by atoms with E-state index in [1.807, 2.05) is 0 Å². The fourth-order valence-corrected chi connectivity index (χ4v) is 2.49. The van der Waals surface area contributed by atoms with Crippen LogP contribution in [0.5, 0.6) is 0 Å².